The molecule has 0 bridgehead atoms. The second kappa shape index (κ2) is 8.92. The zero-order chi connectivity index (χ0) is 22.0. The fourth-order valence-electron chi connectivity index (χ4n) is 3.15. The van der Waals surface area contributed by atoms with Crippen molar-refractivity contribution in [2.24, 2.45) is 0 Å². The zero-order valence-corrected chi connectivity index (χ0v) is 18.3. The van der Waals surface area contributed by atoms with Gasteiger partial charge in [0, 0.05) is 6.07 Å². The Bertz CT molecular complexity index is 1190. The van der Waals surface area contributed by atoms with Crippen molar-refractivity contribution >= 4 is 35.1 Å². The SMILES string of the molecule is COc1ccc(/C=C2\Oc3cc(OCc4ccc(Cl)c(Cl)c4)ccc3C2=O)cc1OC. The first kappa shape index (κ1) is 21.1. The van der Waals surface area contributed by atoms with Crippen molar-refractivity contribution in [1.82, 2.24) is 0 Å². The van der Waals surface area contributed by atoms with Crippen molar-refractivity contribution in [1.29, 1.82) is 0 Å². The van der Waals surface area contributed by atoms with Gasteiger partial charge in [-0.3, -0.25) is 4.79 Å². The number of carbonyl (C=O) groups is 1. The molecule has 0 aliphatic carbocycles. The topological polar surface area (TPSA) is 54.0 Å². The minimum atomic E-state index is -0.194. The number of hydrogen-bond donors (Lipinski definition) is 0. The Labute approximate surface area is 189 Å². The lowest BCUT2D eigenvalue weighted by molar-refractivity contribution is 0.101. The number of fused-ring (bicyclic) bond motifs is 1. The van der Waals surface area contributed by atoms with E-state index in [2.05, 4.69) is 0 Å². The molecule has 1 aliphatic rings. The number of benzene rings is 3. The largest absolute Gasteiger partial charge is 0.493 e. The molecule has 0 unspecified atom stereocenters. The first-order valence-corrected chi connectivity index (χ1v) is 10.1. The summed E-state index contributed by atoms with van der Waals surface area (Å²) in [5.41, 5.74) is 2.11. The number of ether oxygens (including phenoxy) is 4. The van der Waals surface area contributed by atoms with Crippen LogP contribution >= 0.6 is 23.2 Å². The number of ketones is 1. The molecule has 3 aromatic rings. The first-order chi connectivity index (χ1) is 15.0. The van der Waals surface area contributed by atoms with Gasteiger partial charge in [0.05, 0.1) is 29.8 Å². The minimum Gasteiger partial charge on any atom is -0.493 e. The van der Waals surface area contributed by atoms with Crippen LogP contribution in [0.1, 0.15) is 21.5 Å². The smallest absolute Gasteiger partial charge is 0.231 e. The number of halogens is 2. The third kappa shape index (κ3) is 4.48. The number of allylic oxidation sites excluding steroid dienone is 1. The Morgan fingerprint density at radius 3 is 2.45 bits per heavy atom. The molecule has 0 radical (unpaired) electrons. The highest BCUT2D eigenvalue weighted by atomic mass is 35.5. The van der Waals surface area contributed by atoms with Gasteiger partial charge in [-0.05, 0) is 53.6 Å². The Morgan fingerprint density at radius 1 is 0.903 bits per heavy atom. The molecule has 1 heterocycles. The van der Waals surface area contributed by atoms with Crippen molar-refractivity contribution in [3.63, 3.8) is 0 Å². The van der Waals surface area contributed by atoms with E-state index < -0.39 is 0 Å². The Balaban J connectivity index is 1.51. The molecule has 0 spiro atoms. The molecular weight excluding hydrogens is 439 g/mol. The van der Waals surface area contributed by atoms with Crippen LogP contribution in [0.15, 0.2) is 60.4 Å². The number of hydrogen-bond acceptors (Lipinski definition) is 5. The maximum absolute atomic E-state index is 12.7. The Morgan fingerprint density at radius 2 is 1.71 bits per heavy atom. The summed E-state index contributed by atoms with van der Waals surface area (Å²) in [5, 5.41) is 0.958. The van der Waals surface area contributed by atoms with Crippen molar-refractivity contribution in [3.05, 3.63) is 87.1 Å². The highest BCUT2D eigenvalue weighted by Crippen LogP contribution is 2.36. The Kier molecular flexibility index (Phi) is 6.07. The molecule has 158 valence electrons. The van der Waals surface area contributed by atoms with Crippen LogP contribution in [-0.4, -0.2) is 20.0 Å². The molecular formula is C24H18Cl2O5. The lowest BCUT2D eigenvalue weighted by atomic mass is 10.1. The van der Waals surface area contributed by atoms with E-state index in [-0.39, 0.29) is 11.5 Å². The molecule has 3 aromatic carbocycles. The average Bonchev–Trinajstić information content (AvgIpc) is 3.09. The molecule has 0 aromatic heterocycles. The summed E-state index contributed by atoms with van der Waals surface area (Å²) in [6.07, 6.45) is 1.67. The van der Waals surface area contributed by atoms with Crippen molar-refractivity contribution in [2.75, 3.05) is 14.2 Å². The quantitative estimate of drug-likeness (QED) is 0.412. The lowest BCUT2D eigenvalue weighted by Gasteiger charge is -2.08. The normalized spacial score (nSPS) is 13.7. The minimum absolute atomic E-state index is 0.194. The highest BCUT2D eigenvalue weighted by molar-refractivity contribution is 6.42. The summed E-state index contributed by atoms with van der Waals surface area (Å²) in [6.45, 7) is 0.304. The summed E-state index contributed by atoms with van der Waals surface area (Å²) in [6, 6.07) is 15.8. The van der Waals surface area contributed by atoms with Crippen LogP contribution in [0.4, 0.5) is 0 Å². The van der Waals surface area contributed by atoms with Gasteiger partial charge in [-0.15, -0.1) is 0 Å². The van der Waals surface area contributed by atoms with Crippen LogP contribution < -0.4 is 18.9 Å². The van der Waals surface area contributed by atoms with E-state index in [1.165, 1.54) is 0 Å². The maximum atomic E-state index is 12.7. The van der Waals surface area contributed by atoms with Gasteiger partial charge in [-0.25, -0.2) is 0 Å². The summed E-state index contributed by atoms with van der Waals surface area (Å²) in [4.78, 5) is 12.7. The second-order valence-electron chi connectivity index (χ2n) is 6.75. The van der Waals surface area contributed by atoms with E-state index in [1.54, 1.807) is 62.8 Å². The van der Waals surface area contributed by atoms with Crippen LogP contribution in [0, 0.1) is 0 Å². The molecule has 5 nitrogen and oxygen atoms in total. The zero-order valence-electron chi connectivity index (χ0n) is 16.8. The van der Waals surface area contributed by atoms with Gasteiger partial charge in [0.25, 0.3) is 0 Å². The van der Waals surface area contributed by atoms with E-state index in [9.17, 15) is 4.79 Å². The highest BCUT2D eigenvalue weighted by Gasteiger charge is 2.27. The van der Waals surface area contributed by atoms with Crippen LogP contribution in [0.2, 0.25) is 10.0 Å². The molecule has 0 saturated carbocycles. The van der Waals surface area contributed by atoms with Crippen molar-refractivity contribution in [2.45, 2.75) is 6.61 Å². The first-order valence-electron chi connectivity index (χ1n) is 9.35. The number of Topliss-reactive ketones (excluding diaryl/α,β-unsaturated/α-hetero) is 1. The fraction of sp³-hybridized carbons (Fsp3) is 0.125. The predicted octanol–water partition coefficient (Wildman–Crippen LogP) is 6.21. The molecule has 31 heavy (non-hydrogen) atoms. The van der Waals surface area contributed by atoms with Crippen LogP contribution in [0.3, 0.4) is 0 Å². The predicted molar refractivity (Wildman–Crippen MR) is 120 cm³/mol. The maximum Gasteiger partial charge on any atom is 0.231 e. The van der Waals surface area contributed by atoms with Crippen LogP contribution in [-0.2, 0) is 6.61 Å². The van der Waals surface area contributed by atoms with E-state index >= 15 is 0 Å². The van der Waals surface area contributed by atoms with Gasteiger partial charge in [-0.2, -0.15) is 0 Å². The van der Waals surface area contributed by atoms with Gasteiger partial charge in [0.1, 0.15) is 18.1 Å². The fourth-order valence-corrected chi connectivity index (χ4v) is 3.47. The molecule has 0 saturated heterocycles. The number of carbonyl (C=O) groups excluding carboxylic acids is 1. The van der Waals surface area contributed by atoms with Crippen LogP contribution in [0.5, 0.6) is 23.0 Å². The molecule has 7 heteroatoms. The summed E-state index contributed by atoms with van der Waals surface area (Å²) < 4.78 is 22.2. The third-order valence-corrected chi connectivity index (χ3v) is 5.48. The third-order valence-electron chi connectivity index (χ3n) is 4.74. The molecule has 0 N–H and O–H groups in total. The monoisotopic (exact) mass is 456 g/mol. The van der Waals surface area contributed by atoms with Crippen molar-refractivity contribution in [3.8, 4) is 23.0 Å². The van der Waals surface area contributed by atoms with E-state index in [0.717, 1.165) is 11.1 Å². The number of rotatable bonds is 6. The number of methoxy groups -OCH3 is 2. The molecule has 4 rings (SSSR count). The van der Waals surface area contributed by atoms with Crippen LogP contribution in [0.25, 0.3) is 6.08 Å². The molecule has 0 fully saturated rings. The summed E-state index contributed by atoms with van der Waals surface area (Å²) in [5.74, 6) is 2.23. The van der Waals surface area contributed by atoms with Crippen molar-refractivity contribution < 1.29 is 23.7 Å². The van der Waals surface area contributed by atoms with E-state index in [4.69, 9.17) is 42.1 Å². The van der Waals surface area contributed by atoms with Gasteiger partial charge in [-0.1, -0.05) is 35.3 Å². The average molecular weight is 457 g/mol. The molecule has 1 aliphatic heterocycles. The van der Waals surface area contributed by atoms with Gasteiger partial charge in [0.2, 0.25) is 5.78 Å². The second-order valence-corrected chi connectivity index (χ2v) is 7.56. The van der Waals surface area contributed by atoms with Gasteiger partial charge >= 0.3 is 0 Å². The summed E-state index contributed by atoms with van der Waals surface area (Å²) in [7, 11) is 3.12. The van der Waals surface area contributed by atoms with E-state index in [0.29, 0.717) is 45.2 Å². The van der Waals surface area contributed by atoms with Gasteiger partial charge < -0.3 is 18.9 Å². The standard InChI is InChI=1S/C24H18Cl2O5/c1-28-20-8-4-14(10-22(20)29-2)11-23-24(27)17-6-5-16(12-21(17)31-23)30-13-15-3-7-18(25)19(26)9-15/h3-12H,13H2,1-2H3/b23-11-. The lowest BCUT2D eigenvalue weighted by Crippen LogP contribution is -1.98. The Hall–Kier alpha value is -3.15. The molecule has 0 atom stereocenters. The molecule has 0 amide bonds. The van der Waals surface area contributed by atoms with E-state index in [1.807, 2.05) is 12.1 Å². The van der Waals surface area contributed by atoms with Gasteiger partial charge in [0.15, 0.2) is 17.3 Å². The summed E-state index contributed by atoms with van der Waals surface area (Å²) >= 11 is 12.0.